The van der Waals surface area contributed by atoms with Gasteiger partial charge in [0.2, 0.25) is 10.1 Å². The molecule has 0 saturated heterocycles. The number of anilines is 2. The zero-order valence-corrected chi connectivity index (χ0v) is 12.1. The summed E-state index contributed by atoms with van der Waals surface area (Å²) in [5, 5.41) is 5.00. The number of hydrogen-bond acceptors (Lipinski definition) is 5. The maximum atomic E-state index is 12.6. The van der Waals surface area contributed by atoms with Gasteiger partial charge in [-0.2, -0.15) is 13.2 Å². The summed E-state index contributed by atoms with van der Waals surface area (Å²) in [4.78, 5) is 12.4. The predicted octanol–water partition coefficient (Wildman–Crippen LogP) is 3.17. The Kier molecular flexibility index (Phi) is 4.50. The van der Waals surface area contributed by atoms with Crippen LogP contribution in [0.4, 0.5) is 28.8 Å². The summed E-state index contributed by atoms with van der Waals surface area (Å²) in [6.07, 6.45) is -4.63. The van der Waals surface area contributed by atoms with E-state index < -0.39 is 17.2 Å². The van der Waals surface area contributed by atoms with E-state index in [1.165, 1.54) is 12.1 Å². The Bertz CT molecular complexity index is 657. The van der Waals surface area contributed by atoms with Crippen LogP contribution in [0.1, 0.15) is 11.9 Å². The monoisotopic (exact) mass is 332 g/mol. The third kappa shape index (κ3) is 3.45. The van der Waals surface area contributed by atoms with Gasteiger partial charge in [-0.05, 0) is 31.2 Å². The van der Waals surface area contributed by atoms with Crippen LogP contribution in [0.25, 0.3) is 0 Å². The Labute approximate surface area is 127 Å². The lowest BCUT2D eigenvalue weighted by Gasteiger charge is -2.17. The molecule has 0 spiro atoms. The molecule has 0 unspecified atom stereocenters. The van der Waals surface area contributed by atoms with Gasteiger partial charge in [0, 0.05) is 0 Å². The number of halogens is 3. The van der Waals surface area contributed by atoms with Crippen molar-refractivity contribution >= 4 is 28.2 Å². The number of benzene rings is 1. The first-order valence-electron chi connectivity index (χ1n) is 6.06. The van der Waals surface area contributed by atoms with Crippen molar-refractivity contribution < 1.29 is 22.7 Å². The number of carbonyl (C=O) groups excluding carboxylic acids is 1. The third-order valence-electron chi connectivity index (χ3n) is 2.47. The molecule has 0 bridgehead atoms. The fourth-order valence-corrected chi connectivity index (χ4v) is 2.35. The molecule has 0 atom stereocenters. The zero-order valence-electron chi connectivity index (χ0n) is 11.3. The molecule has 6 nitrogen and oxygen atoms in total. The Morgan fingerprint density at radius 3 is 2.41 bits per heavy atom. The Morgan fingerprint density at radius 1 is 1.32 bits per heavy atom. The van der Waals surface area contributed by atoms with Crippen LogP contribution < -0.4 is 15.4 Å². The molecule has 22 heavy (non-hydrogen) atoms. The Balaban J connectivity index is 2.34. The van der Waals surface area contributed by atoms with Crippen molar-refractivity contribution in [2.45, 2.75) is 13.1 Å². The maximum absolute atomic E-state index is 12.6. The highest BCUT2D eigenvalue weighted by molar-refractivity contribution is 7.15. The van der Waals surface area contributed by atoms with E-state index in [0.29, 0.717) is 12.4 Å². The van der Waals surface area contributed by atoms with Crippen LogP contribution in [-0.2, 0) is 6.18 Å². The molecule has 2 amide bonds. The topological polar surface area (TPSA) is 81.3 Å². The van der Waals surface area contributed by atoms with Crippen LogP contribution in [0.3, 0.4) is 0 Å². The van der Waals surface area contributed by atoms with E-state index >= 15 is 0 Å². The van der Waals surface area contributed by atoms with Gasteiger partial charge in [-0.15, -0.1) is 10.2 Å². The minimum absolute atomic E-state index is 0.232. The molecule has 118 valence electrons. The van der Waals surface area contributed by atoms with Gasteiger partial charge in [-0.3, -0.25) is 0 Å². The first-order chi connectivity index (χ1) is 10.3. The molecular weight excluding hydrogens is 321 g/mol. The number of urea groups is 1. The second kappa shape index (κ2) is 6.18. The summed E-state index contributed by atoms with van der Waals surface area (Å²) in [7, 11) is 0. The van der Waals surface area contributed by atoms with Gasteiger partial charge in [-0.25, -0.2) is 9.69 Å². The van der Waals surface area contributed by atoms with E-state index in [-0.39, 0.29) is 22.2 Å². The van der Waals surface area contributed by atoms with Crippen LogP contribution in [-0.4, -0.2) is 22.8 Å². The number of nitrogens with zero attached hydrogens (tertiary/aromatic N) is 3. The summed E-state index contributed by atoms with van der Waals surface area (Å²) in [5.41, 5.74) is 5.49. The molecule has 0 saturated carbocycles. The average molecular weight is 332 g/mol. The van der Waals surface area contributed by atoms with Gasteiger partial charge in [0.15, 0.2) is 0 Å². The molecule has 2 N–H and O–H groups in total. The second-order valence-corrected chi connectivity index (χ2v) is 4.94. The van der Waals surface area contributed by atoms with Gasteiger partial charge in [0.1, 0.15) is 5.75 Å². The van der Waals surface area contributed by atoms with Gasteiger partial charge in [0.25, 0.3) is 0 Å². The number of carbonyl (C=O) groups is 1. The lowest BCUT2D eigenvalue weighted by molar-refractivity contribution is -0.138. The first-order valence-corrected chi connectivity index (χ1v) is 6.87. The number of rotatable bonds is 4. The van der Waals surface area contributed by atoms with E-state index in [1.807, 2.05) is 6.92 Å². The highest BCUT2D eigenvalue weighted by Gasteiger charge is 2.36. The van der Waals surface area contributed by atoms with Crippen LogP contribution in [0, 0.1) is 0 Å². The molecule has 2 rings (SSSR count). The Morgan fingerprint density at radius 2 is 1.95 bits per heavy atom. The van der Waals surface area contributed by atoms with Crippen molar-refractivity contribution in [3.63, 3.8) is 0 Å². The summed E-state index contributed by atoms with van der Waals surface area (Å²) in [5.74, 6) is 0.559. The Hall–Kier alpha value is -2.36. The summed E-state index contributed by atoms with van der Waals surface area (Å²) in [6, 6.07) is 5.16. The van der Waals surface area contributed by atoms with Gasteiger partial charge in [0.05, 0.1) is 12.3 Å². The largest absolute Gasteiger partial charge is 0.494 e. The first kappa shape index (κ1) is 16.0. The van der Waals surface area contributed by atoms with Crippen LogP contribution >= 0.6 is 11.3 Å². The lowest BCUT2D eigenvalue weighted by atomic mass is 10.3. The molecule has 10 heteroatoms. The molecule has 0 aliphatic carbocycles. The van der Waals surface area contributed by atoms with E-state index in [4.69, 9.17) is 10.5 Å². The highest BCUT2D eigenvalue weighted by Crippen LogP contribution is 2.36. The van der Waals surface area contributed by atoms with E-state index in [2.05, 4.69) is 10.2 Å². The zero-order chi connectivity index (χ0) is 16.3. The number of aromatic nitrogens is 2. The smallest absolute Gasteiger partial charge is 0.445 e. The second-order valence-electron chi connectivity index (χ2n) is 3.99. The quantitative estimate of drug-likeness (QED) is 0.932. The predicted molar refractivity (Wildman–Crippen MR) is 74.2 cm³/mol. The molecule has 0 radical (unpaired) electrons. The third-order valence-corrected chi connectivity index (χ3v) is 3.43. The normalized spacial score (nSPS) is 11.3. The van der Waals surface area contributed by atoms with Crippen molar-refractivity contribution in [1.29, 1.82) is 0 Å². The van der Waals surface area contributed by atoms with Gasteiger partial charge >= 0.3 is 12.2 Å². The maximum Gasteiger partial charge on any atom is 0.445 e. The summed E-state index contributed by atoms with van der Waals surface area (Å²) >= 11 is 0.232. The minimum Gasteiger partial charge on any atom is -0.494 e. The number of ether oxygens (including phenoxy) is 1. The fraction of sp³-hybridized carbons (Fsp3) is 0.250. The molecule has 1 heterocycles. The van der Waals surface area contributed by atoms with E-state index in [1.54, 1.807) is 12.1 Å². The van der Waals surface area contributed by atoms with Crippen LogP contribution in [0.5, 0.6) is 5.75 Å². The standard InChI is InChI=1S/C12H11F3N4O2S/c1-2-21-8-5-3-7(4-6-8)19(10(16)20)11-18-17-9(22-11)12(13,14)15/h3-6H,2H2,1H3,(H2,16,20). The number of nitrogens with two attached hydrogens (primary N) is 1. The number of primary amides is 1. The molecule has 0 fully saturated rings. The summed E-state index contributed by atoms with van der Waals surface area (Å²) in [6.45, 7) is 2.27. The highest BCUT2D eigenvalue weighted by atomic mass is 32.1. The van der Waals surface area contributed by atoms with Crippen molar-refractivity contribution in [3.8, 4) is 5.75 Å². The number of alkyl halides is 3. The molecule has 0 aliphatic heterocycles. The van der Waals surface area contributed by atoms with Gasteiger partial charge < -0.3 is 10.5 Å². The fourth-order valence-electron chi connectivity index (χ4n) is 1.61. The van der Waals surface area contributed by atoms with Crippen LogP contribution in [0.15, 0.2) is 24.3 Å². The van der Waals surface area contributed by atoms with Crippen molar-refractivity contribution in [2.75, 3.05) is 11.5 Å². The van der Waals surface area contributed by atoms with Crippen molar-refractivity contribution in [3.05, 3.63) is 29.3 Å². The average Bonchev–Trinajstić information content (AvgIpc) is 2.90. The lowest BCUT2D eigenvalue weighted by Crippen LogP contribution is -2.31. The van der Waals surface area contributed by atoms with E-state index in [9.17, 15) is 18.0 Å². The molecule has 0 aliphatic rings. The number of amides is 2. The molecular formula is C12H11F3N4O2S. The van der Waals surface area contributed by atoms with Crippen molar-refractivity contribution in [2.24, 2.45) is 5.73 Å². The van der Waals surface area contributed by atoms with Crippen molar-refractivity contribution in [1.82, 2.24) is 10.2 Å². The van der Waals surface area contributed by atoms with Crippen LogP contribution in [0.2, 0.25) is 0 Å². The molecule has 1 aromatic carbocycles. The molecule has 1 aromatic heterocycles. The minimum atomic E-state index is -4.63. The molecule has 2 aromatic rings. The van der Waals surface area contributed by atoms with Gasteiger partial charge in [-0.1, -0.05) is 11.3 Å². The SMILES string of the molecule is CCOc1ccc(N(C(N)=O)c2nnc(C(F)(F)F)s2)cc1. The van der Waals surface area contributed by atoms with E-state index in [0.717, 1.165) is 4.90 Å². The summed E-state index contributed by atoms with van der Waals surface area (Å²) < 4.78 is 42.9. The number of hydrogen-bond donors (Lipinski definition) is 1.